The number of unbranched alkanes of at least 4 members (excludes halogenated alkanes) is 2. The lowest BCUT2D eigenvalue weighted by Crippen LogP contribution is -2.28. The Balaban J connectivity index is 1.37. The van der Waals surface area contributed by atoms with Crippen LogP contribution in [0.3, 0.4) is 0 Å². The molecule has 2 aliphatic rings. The van der Waals surface area contributed by atoms with Gasteiger partial charge in [-0.1, -0.05) is 60.4 Å². The van der Waals surface area contributed by atoms with E-state index in [2.05, 4.69) is 14.4 Å². The van der Waals surface area contributed by atoms with Crippen LogP contribution in [0.2, 0.25) is 0 Å². The molecule has 0 spiro atoms. The van der Waals surface area contributed by atoms with Crippen molar-refractivity contribution in [1.29, 1.82) is 0 Å². The Bertz CT molecular complexity index is 3270. The van der Waals surface area contributed by atoms with E-state index in [1.54, 1.807) is 60.7 Å². The van der Waals surface area contributed by atoms with Crippen LogP contribution >= 0.6 is 24.1 Å². The minimum absolute atomic E-state index is 0.127. The molecule has 6 rings (SSSR count). The quantitative estimate of drug-likeness (QED) is 0.00818. The van der Waals surface area contributed by atoms with Crippen molar-refractivity contribution in [1.82, 2.24) is 0 Å². The molecule has 4 aromatic carbocycles. The van der Waals surface area contributed by atoms with E-state index < -0.39 is 72.6 Å². The Morgan fingerprint density at radius 1 is 0.652 bits per heavy atom. The topological polar surface area (TPSA) is 301 Å². The molecule has 2 heterocycles. The average Bonchev–Trinajstić information content (AvgIpc) is 3.60. The van der Waals surface area contributed by atoms with Gasteiger partial charge in [-0.15, -0.1) is 8.67 Å². The summed E-state index contributed by atoms with van der Waals surface area (Å²) < 4.78 is 147. The second-order valence-corrected chi connectivity index (χ2v) is 24.4. The number of hydrogen-bond donors (Lipinski definition) is 6. The first-order chi connectivity index (χ1) is 32.2. The lowest BCUT2D eigenvalue weighted by molar-refractivity contribution is -0.438. The van der Waals surface area contributed by atoms with E-state index in [0.717, 1.165) is 11.3 Å². The maximum Gasteiger partial charge on any atom is 0.295 e. The van der Waals surface area contributed by atoms with Crippen molar-refractivity contribution in [2.75, 3.05) is 29.5 Å². The van der Waals surface area contributed by atoms with Gasteiger partial charge in [-0.2, -0.15) is 38.2 Å². The molecule has 0 amide bonds. The summed E-state index contributed by atoms with van der Waals surface area (Å²) in [5.74, 6) is -0.907. The molecule has 0 fully saturated rings. The molecule has 0 saturated heterocycles. The van der Waals surface area contributed by atoms with Crippen molar-refractivity contribution in [3.8, 4) is 0 Å². The van der Waals surface area contributed by atoms with E-state index in [-0.39, 0.29) is 34.6 Å². The highest BCUT2D eigenvalue weighted by Gasteiger charge is 2.47. The summed E-state index contributed by atoms with van der Waals surface area (Å²) in [5, 5.41) is 26.8. The molecular formula is C43H49N2O18S6+. The van der Waals surface area contributed by atoms with Crippen molar-refractivity contribution in [2.24, 2.45) is 0 Å². The zero-order valence-corrected chi connectivity index (χ0v) is 42.1. The van der Waals surface area contributed by atoms with E-state index in [9.17, 15) is 51.9 Å². The Morgan fingerprint density at radius 3 is 1.90 bits per heavy atom. The molecule has 0 saturated carbocycles. The Kier molecular flexibility index (Phi) is 16.8. The van der Waals surface area contributed by atoms with Gasteiger partial charge in [0.25, 0.3) is 40.5 Å². The third-order valence-corrected chi connectivity index (χ3v) is 16.2. The molecule has 2 aliphatic heterocycles. The molecule has 20 nitrogen and oxygen atoms in total. The average molecular weight is 1070 g/mol. The number of benzene rings is 4. The highest BCUT2D eigenvalue weighted by Crippen LogP contribution is 2.53. The third kappa shape index (κ3) is 12.5. The van der Waals surface area contributed by atoms with Crippen LogP contribution < -0.4 is 4.90 Å². The van der Waals surface area contributed by atoms with Gasteiger partial charge in [0, 0.05) is 68.0 Å². The zero-order chi connectivity index (χ0) is 50.7. The minimum Gasteiger partial charge on any atom is -0.344 e. The number of allylic oxidation sites excluding steroid dienone is 8. The normalized spacial score (nSPS) is 17.0. The molecule has 26 heteroatoms. The second kappa shape index (κ2) is 21.3. The lowest BCUT2D eigenvalue weighted by Gasteiger charge is -2.27. The van der Waals surface area contributed by atoms with Crippen molar-refractivity contribution in [3.63, 3.8) is 0 Å². The summed E-state index contributed by atoms with van der Waals surface area (Å²) in [6, 6.07) is 12.1. The Hall–Kier alpha value is -4.07. The van der Waals surface area contributed by atoms with Gasteiger partial charge in [0.15, 0.2) is 5.71 Å². The van der Waals surface area contributed by atoms with Crippen LogP contribution in [0.15, 0.2) is 116 Å². The predicted octanol–water partition coefficient (Wildman–Crippen LogP) is 8.41. The molecule has 0 unspecified atom stereocenters. The van der Waals surface area contributed by atoms with Crippen molar-refractivity contribution in [2.45, 2.75) is 83.8 Å². The smallest absolute Gasteiger partial charge is 0.295 e. The number of fused-ring (bicyclic) bond motifs is 6. The molecule has 0 aromatic heterocycles. The molecule has 0 bridgehead atoms. The minimum atomic E-state index is -4.83. The van der Waals surface area contributed by atoms with Crippen LogP contribution in [0.5, 0.6) is 0 Å². The summed E-state index contributed by atoms with van der Waals surface area (Å²) in [6.07, 6.45) is 13.4. The lowest BCUT2D eigenvalue weighted by atomic mass is 9.79. The zero-order valence-electron chi connectivity index (χ0n) is 37.2. The van der Waals surface area contributed by atoms with Gasteiger partial charge >= 0.3 is 0 Å². The fraction of sp³-hybridized carbons (Fsp3) is 0.326. The highest BCUT2D eigenvalue weighted by atomic mass is 32.2. The Morgan fingerprint density at radius 2 is 1.26 bits per heavy atom. The highest BCUT2D eigenvalue weighted by molar-refractivity contribution is 7.95. The summed E-state index contributed by atoms with van der Waals surface area (Å²) in [5.41, 5.74) is 2.31. The van der Waals surface area contributed by atoms with Gasteiger partial charge in [0.2, 0.25) is 5.69 Å². The number of nitrogens with zero attached hydrogens (tertiary/aromatic N) is 2. The summed E-state index contributed by atoms with van der Waals surface area (Å²) in [7, 11) is -17.9. The van der Waals surface area contributed by atoms with Crippen LogP contribution in [-0.4, -0.2) is 97.3 Å². The SMILES string of the molecule is CC1(C)C(=CC=CC=CC=CC2=[N+](CCCCS(=O)(=O)O)c3ccc4cc(SOOO)cc(S(=O)(=O)O)c4c3C2(C)C)N(CCCCS(=O)(=O)O)c2ccc3cc(S(=O)(=O)O)cc(SOOO)c3c21. The summed E-state index contributed by atoms with van der Waals surface area (Å²) >= 11 is 1.04. The number of rotatable bonds is 22. The number of hydrogen-bond acceptors (Lipinski definition) is 17. The van der Waals surface area contributed by atoms with Crippen molar-refractivity contribution < 1.29 is 85.7 Å². The van der Waals surface area contributed by atoms with E-state index in [1.807, 2.05) is 49.3 Å². The largest absolute Gasteiger partial charge is 0.344 e. The van der Waals surface area contributed by atoms with Gasteiger partial charge in [-0.25, -0.2) is 10.5 Å². The molecule has 4 aromatic rings. The van der Waals surface area contributed by atoms with Crippen LogP contribution in [0, 0.1) is 0 Å². The standard InChI is InChI=1S/C43H48N2O18S6/c1-42(2)36(44(20-10-12-22-66(48,49)50)32-19-17-29-25-31(68(54,55)56)27-34(65-63-61-47)38(29)40(32)42)14-8-6-5-7-9-15-37-43(3,4)41-33(45(37)21-11-13-23-67(51,52)53)18-16-28-24-30(64-62-60-46)26-35(39(28)41)69(57,58)59/h5-9,14-19,24-27H,10-13,20-23H2,1-4H3,(H5-,46,47,48,49,50,51,52,53,54,55,56,57,58,59)/p+1. The first-order valence-corrected chi connectivity index (χ1v) is 28.3. The number of anilines is 1. The molecule has 69 heavy (non-hydrogen) atoms. The van der Waals surface area contributed by atoms with Gasteiger partial charge in [0.05, 0.1) is 45.9 Å². The Labute approximate surface area is 407 Å². The summed E-state index contributed by atoms with van der Waals surface area (Å²) in [4.78, 5) is 1.54. The van der Waals surface area contributed by atoms with Crippen LogP contribution in [0.1, 0.15) is 64.5 Å². The molecule has 6 N–H and O–H groups in total. The molecule has 0 atom stereocenters. The molecule has 374 valence electrons. The van der Waals surface area contributed by atoms with Crippen LogP contribution in [0.4, 0.5) is 11.4 Å². The van der Waals surface area contributed by atoms with E-state index >= 15 is 0 Å². The summed E-state index contributed by atoms with van der Waals surface area (Å²) in [6.45, 7) is 8.21. The van der Waals surface area contributed by atoms with Gasteiger partial charge in [-0.3, -0.25) is 18.2 Å². The fourth-order valence-corrected chi connectivity index (χ4v) is 12.5. The molecular weight excluding hydrogens is 1020 g/mol. The monoisotopic (exact) mass is 1070 g/mol. The van der Waals surface area contributed by atoms with E-state index in [1.165, 1.54) is 18.2 Å². The van der Waals surface area contributed by atoms with Gasteiger partial charge in [-0.05, 0) is 91.9 Å². The van der Waals surface area contributed by atoms with Crippen molar-refractivity contribution in [3.05, 3.63) is 108 Å². The second-order valence-electron chi connectivity index (χ2n) is 17.0. The maximum atomic E-state index is 12.9. The van der Waals surface area contributed by atoms with Crippen LogP contribution in [-0.2, 0) is 70.0 Å². The molecule has 0 radical (unpaired) electrons. The fourth-order valence-electron chi connectivity index (χ4n) is 8.93. The van der Waals surface area contributed by atoms with Gasteiger partial charge < -0.3 is 4.90 Å². The van der Waals surface area contributed by atoms with Crippen LogP contribution in [0.25, 0.3) is 21.5 Å². The molecule has 0 aliphatic carbocycles. The third-order valence-electron chi connectivity index (χ3n) is 11.7. The van der Waals surface area contributed by atoms with E-state index in [4.69, 9.17) is 14.8 Å². The predicted molar refractivity (Wildman–Crippen MR) is 259 cm³/mol. The van der Waals surface area contributed by atoms with E-state index in [0.29, 0.717) is 82.3 Å². The van der Waals surface area contributed by atoms with Crippen molar-refractivity contribution >= 4 is 103 Å². The first-order valence-electron chi connectivity index (χ1n) is 20.7. The van der Waals surface area contributed by atoms with Gasteiger partial charge in [0.1, 0.15) is 11.4 Å². The first kappa shape index (κ1) is 54.3. The maximum absolute atomic E-state index is 12.9.